The van der Waals surface area contributed by atoms with Gasteiger partial charge >= 0.3 is 0 Å². The molecule has 116 valence electrons. The lowest BCUT2D eigenvalue weighted by Crippen LogP contribution is -2.19. The number of hydrogen-bond donors (Lipinski definition) is 2. The maximum Gasteiger partial charge on any atom is 0.234 e. The van der Waals surface area contributed by atoms with E-state index in [-0.39, 0.29) is 24.2 Å². The molecule has 0 radical (unpaired) electrons. The monoisotopic (exact) mass is 303 g/mol. The summed E-state index contributed by atoms with van der Waals surface area (Å²) in [5.41, 5.74) is 2.04. The first kappa shape index (κ1) is 14.5. The number of nitro groups is 1. The summed E-state index contributed by atoms with van der Waals surface area (Å²) in [5.74, 6) is -0.794. The Morgan fingerprint density at radius 3 is 2.55 bits per heavy atom. The van der Waals surface area contributed by atoms with Gasteiger partial charge in [0, 0.05) is 28.6 Å². The van der Waals surface area contributed by atoms with Gasteiger partial charge < -0.3 is 10.6 Å². The van der Waals surface area contributed by atoms with Crippen LogP contribution in [0.5, 0.6) is 0 Å². The van der Waals surface area contributed by atoms with E-state index in [4.69, 9.17) is 0 Å². The molecule has 7 heteroatoms. The molecule has 0 aromatic heterocycles. The molecule has 2 aliphatic rings. The number of hydrogen-bond acceptors (Lipinski definition) is 4. The van der Waals surface area contributed by atoms with Crippen molar-refractivity contribution in [2.75, 3.05) is 10.6 Å². The molecule has 2 N–H and O–H groups in total. The van der Waals surface area contributed by atoms with Crippen LogP contribution in [-0.4, -0.2) is 22.8 Å². The maximum atomic E-state index is 12.0. The predicted octanol–water partition coefficient (Wildman–Crippen LogP) is 1.95. The van der Waals surface area contributed by atoms with Crippen LogP contribution in [0.2, 0.25) is 0 Å². The third kappa shape index (κ3) is 3.08. The summed E-state index contributed by atoms with van der Waals surface area (Å²) >= 11 is 0. The third-order valence-electron chi connectivity index (χ3n) is 4.08. The summed E-state index contributed by atoms with van der Waals surface area (Å²) in [6.45, 7) is 1.83. The zero-order valence-electron chi connectivity index (χ0n) is 12.2. The molecule has 2 saturated carbocycles. The Kier molecular flexibility index (Phi) is 3.56. The minimum atomic E-state index is -0.766. The first-order chi connectivity index (χ1) is 10.5. The molecule has 3 rings (SSSR count). The van der Waals surface area contributed by atoms with E-state index < -0.39 is 16.9 Å². The first-order valence-electron chi connectivity index (χ1n) is 7.31. The molecule has 0 spiro atoms. The molecule has 2 atom stereocenters. The van der Waals surface area contributed by atoms with Crippen molar-refractivity contribution in [1.82, 2.24) is 0 Å². The smallest absolute Gasteiger partial charge is 0.234 e. The van der Waals surface area contributed by atoms with Gasteiger partial charge in [-0.05, 0) is 37.5 Å². The Hall–Kier alpha value is -2.44. The number of benzene rings is 1. The lowest BCUT2D eigenvalue weighted by atomic mass is 10.1. The summed E-state index contributed by atoms with van der Waals surface area (Å²) in [7, 11) is 0. The van der Waals surface area contributed by atoms with E-state index in [1.165, 1.54) is 0 Å². The summed E-state index contributed by atoms with van der Waals surface area (Å²) < 4.78 is 0. The number of aryl methyl sites for hydroxylation is 1. The van der Waals surface area contributed by atoms with Crippen molar-refractivity contribution in [1.29, 1.82) is 0 Å². The molecule has 0 aliphatic heterocycles. The number of nitrogens with zero attached hydrogens (tertiary/aromatic N) is 1. The Morgan fingerprint density at radius 1 is 1.23 bits per heavy atom. The van der Waals surface area contributed by atoms with Crippen LogP contribution in [-0.2, 0) is 9.59 Å². The number of rotatable bonds is 5. The third-order valence-corrected chi connectivity index (χ3v) is 4.08. The average molecular weight is 303 g/mol. The zero-order chi connectivity index (χ0) is 15.9. The molecule has 0 saturated heterocycles. The van der Waals surface area contributed by atoms with Gasteiger partial charge in [0.15, 0.2) is 0 Å². The zero-order valence-corrected chi connectivity index (χ0v) is 12.2. The SMILES string of the molecule is Cc1ccc(NC(=O)C2CC2)cc1NC(=O)[C@H]1C[C@@H]1[N+](=O)[O-]. The molecule has 7 nitrogen and oxygen atoms in total. The van der Waals surface area contributed by atoms with E-state index in [0.29, 0.717) is 11.4 Å². The first-order valence-corrected chi connectivity index (χ1v) is 7.31. The van der Waals surface area contributed by atoms with Crippen molar-refractivity contribution in [3.63, 3.8) is 0 Å². The highest BCUT2D eigenvalue weighted by molar-refractivity contribution is 5.98. The molecule has 22 heavy (non-hydrogen) atoms. The van der Waals surface area contributed by atoms with Crippen LogP contribution in [0.3, 0.4) is 0 Å². The lowest BCUT2D eigenvalue weighted by molar-refractivity contribution is -0.497. The minimum Gasteiger partial charge on any atom is -0.326 e. The van der Waals surface area contributed by atoms with Gasteiger partial charge in [0.05, 0.1) is 0 Å². The standard InChI is InChI=1S/C15H17N3O4/c1-8-2-5-10(16-14(19)9-3-4-9)6-12(8)17-15(20)11-7-13(11)18(21)22/h2,5-6,9,11,13H,3-4,7H2,1H3,(H,16,19)(H,17,20)/t11-,13-/m0/s1. The minimum absolute atomic E-state index is 0.00302. The topological polar surface area (TPSA) is 101 Å². The molecular formula is C15H17N3O4. The molecule has 1 aromatic carbocycles. The second kappa shape index (κ2) is 5.40. The Morgan fingerprint density at radius 2 is 1.95 bits per heavy atom. The summed E-state index contributed by atoms with van der Waals surface area (Å²) in [6.07, 6.45) is 2.13. The van der Waals surface area contributed by atoms with E-state index in [0.717, 1.165) is 18.4 Å². The number of anilines is 2. The second-order valence-electron chi connectivity index (χ2n) is 5.98. The molecular weight excluding hydrogens is 286 g/mol. The number of nitrogens with one attached hydrogen (secondary N) is 2. The fourth-order valence-corrected chi connectivity index (χ4v) is 2.35. The summed E-state index contributed by atoms with van der Waals surface area (Å²) in [5, 5.41) is 16.2. The highest BCUT2D eigenvalue weighted by Gasteiger charge is 2.53. The molecule has 1 aromatic rings. The second-order valence-corrected chi connectivity index (χ2v) is 5.98. The Bertz CT molecular complexity index is 654. The van der Waals surface area contributed by atoms with Crippen molar-refractivity contribution in [3.05, 3.63) is 33.9 Å². The van der Waals surface area contributed by atoms with Gasteiger partial charge in [0.1, 0.15) is 5.92 Å². The Labute approximate surface area is 127 Å². The van der Waals surface area contributed by atoms with Gasteiger partial charge in [-0.1, -0.05) is 6.07 Å². The van der Waals surface area contributed by atoms with Crippen LogP contribution in [0, 0.1) is 28.9 Å². The predicted molar refractivity (Wildman–Crippen MR) is 80.1 cm³/mol. The van der Waals surface area contributed by atoms with Gasteiger partial charge in [0.25, 0.3) is 0 Å². The van der Waals surface area contributed by atoms with E-state index in [1.807, 2.05) is 6.92 Å². The molecule has 2 fully saturated rings. The van der Waals surface area contributed by atoms with Gasteiger partial charge in [-0.2, -0.15) is 0 Å². The van der Waals surface area contributed by atoms with Crippen molar-refractivity contribution in [2.24, 2.45) is 11.8 Å². The van der Waals surface area contributed by atoms with Gasteiger partial charge in [-0.3, -0.25) is 19.7 Å². The number of amides is 2. The fourth-order valence-electron chi connectivity index (χ4n) is 2.35. The van der Waals surface area contributed by atoms with Crippen LogP contribution >= 0.6 is 0 Å². The average Bonchev–Trinajstić information content (AvgIpc) is 3.34. The quantitative estimate of drug-likeness (QED) is 0.641. The Balaban J connectivity index is 1.66. The normalized spacial score (nSPS) is 22.8. The lowest BCUT2D eigenvalue weighted by Gasteiger charge is -2.11. The van der Waals surface area contributed by atoms with E-state index in [1.54, 1.807) is 18.2 Å². The summed E-state index contributed by atoms with van der Waals surface area (Å²) in [6, 6.07) is 4.51. The van der Waals surface area contributed by atoms with Crippen LogP contribution in [0.1, 0.15) is 24.8 Å². The van der Waals surface area contributed by atoms with Crippen LogP contribution in [0.4, 0.5) is 11.4 Å². The van der Waals surface area contributed by atoms with Crippen molar-refractivity contribution in [2.45, 2.75) is 32.2 Å². The summed E-state index contributed by atoms with van der Waals surface area (Å²) in [4.78, 5) is 34.0. The highest BCUT2D eigenvalue weighted by Crippen LogP contribution is 2.35. The van der Waals surface area contributed by atoms with E-state index in [2.05, 4.69) is 10.6 Å². The molecule has 0 heterocycles. The van der Waals surface area contributed by atoms with Crippen LogP contribution in [0.25, 0.3) is 0 Å². The molecule has 2 aliphatic carbocycles. The molecule has 0 bridgehead atoms. The van der Waals surface area contributed by atoms with E-state index >= 15 is 0 Å². The van der Waals surface area contributed by atoms with Crippen LogP contribution < -0.4 is 10.6 Å². The van der Waals surface area contributed by atoms with Gasteiger partial charge in [-0.25, -0.2) is 0 Å². The molecule has 2 amide bonds. The van der Waals surface area contributed by atoms with Crippen LogP contribution in [0.15, 0.2) is 18.2 Å². The number of carbonyl (C=O) groups excluding carboxylic acids is 2. The largest absolute Gasteiger partial charge is 0.326 e. The van der Waals surface area contributed by atoms with Gasteiger partial charge in [-0.15, -0.1) is 0 Å². The maximum absolute atomic E-state index is 12.0. The highest BCUT2D eigenvalue weighted by atomic mass is 16.6. The van der Waals surface area contributed by atoms with Gasteiger partial charge in [0.2, 0.25) is 17.9 Å². The van der Waals surface area contributed by atoms with Crippen molar-refractivity contribution >= 4 is 23.2 Å². The van der Waals surface area contributed by atoms with E-state index in [9.17, 15) is 19.7 Å². The fraction of sp³-hybridized carbons (Fsp3) is 0.467. The number of carbonyl (C=O) groups is 2. The van der Waals surface area contributed by atoms with Crippen molar-refractivity contribution in [3.8, 4) is 0 Å². The molecule has 0 unspecified atom stereocenters. The van der Waals surface area contributed by atoms with Crippen molar-refractivity contribution < 1.29 is 14.5 Å².